The van der Waals surface area contributed by atoms with E-state index in [9.17, 15) is 13.6 Å². The van der Waals surface area contributed by atoms with Gasteiger partial charge < -0.3 is 14.5 Å². The Balaban J connectivity index is 1.66. The van der Waals surface area contributed by atoms with Crippen molar-refractivity contribution in [1.82, 2.24) is 15.5 Å². The number of ether oxygens (including phenoxy) is 1. The maximum absolute atomic E-state index is 13.4. The van der Waals surface area contributed by atoms with Crippen molar-refractivity contribution >= 4 is 29.0 Å². The first-order chi connectivity index (χ1) is 14.6. The van der Waals surface area contributed by atoms with Crippen molar-refractivity contribution in [2.75, 3.05) is 7.11 Å². The van der Waals surface area contributed by atoms with Gasteiger partial charge in [0.2, 0.25) is 0 Å². The van der Waals surface area contributed by atoms with Crippen LogP contribution in [0.2, 0.25) is 0 Å². The molecule has 8 heteroatoms. The van der Waals surface area contributed by atoms with Crippen LogP contribution in [0.1, 0.15) is 27.4 Å². The van der Waals surface area contributed by atoms with Crippen LogP contribution in [0.25, 0.3) is 23.1 Å². The molecule has 0 aliphatic carbocycles. The number of hydrogen-bond acceptors (Lipinski definition) is 4. The van der Waals surface area contributed by atoms with Gasteiger partial charge in [0, 0.05) is 0 Å². The van der Waals surface area contributed by atoms with Gasteiger partial charge in [0.05, 0.1) is 42.1 Å². The Bertz CT molecular complexity index is 1230. The third kappa shape index (κ3) is 3.80. The monoisotopic (exact) mass is 409 g/mol. The summed E-state index contributed by atoms with van der Waals surface area (Å²) in [4.78, 5) is 12.7. The van der Waals surface area contributed by atoms with E-state index in [2.05, 4.69) is 15.5 Å². The standard InChI is InChI=1S/C22H17F2N3O3/c1-29-21-15(22(28)25-12-14-3-2-10-30-14)6-9-19-20(21)18(26-27-19)8-5-13-4-7-16(23)17(24)11-13/h2-11H,12H2,1H3,(H,25,28)(H,26,27)/b8-5+. The molecule has 0 saturated heterocycles. The predicted molar refractivity (Wildman–Crippen MR) is 108 cm³/mol. The maximum atomic E-state index is 13.4. The maximum Gasteiger partial charge on any atom is 0.255 e. The minimum Gasteiger partial charge on any atom is -0.495 e. The van der Waals surface area contributed by atoms with E-state index < -0.39 is 11.6 Å². The van der Waals surface area contributed by atoms with Crippen LogP contribution < -0.4 is 10.1 Å². The number of carbonyl (C=O) groups excluding carboxylic acids is 1. The Kier molecular flexibility index (Phi) is 5.30. The van der Waals surface area contributed by atoms with Crippen LogP contribution >= 0.6 is 0 Å². The normalized spacial score (nSPS) is 11.3. The highest BCUT2D eigenvalue weighted by Crippen LogP contribution is 2.32. The minimum absolute atomic E-state index is 0.237. The molecule has 0 fully saturated rings. The van der Waals surface area contributed by atoms with E-state index in [-0.39, 0.29) is 12.5 Å². The van der Waals surface area contributed by atoms with Crippen molar-refractivity contribution in [3.8, 4) is 5.75 Å². The fourth-order valence-electron chi connectivity index (χ4n) is 3.08. The topological polar surface area (TPSA) is 80.1 Å². The van der Waals surface area contributed by atoms with Crippen molar-refractivity contribution in [3.05, 3.63) is 82.9 Å². The van der Waals surface area contributed by atoms with Gasteiger partial charge in [-0.05, 0) is 48.0 Å². The Morgan fingerprint density at radius 1 is 1.20 bits per heavy atom. The largest absolute Gasteiger partial charge is 0.495 e. The van der Waals surface area contributed by atoms with Crippen molar-refractivity contribution in [1.29, 1.82) is 0 Å². The number of aromatic nitrogens is 2. The van der Waals surface area contributed by atoms with Gasteiger partial charge in [-0.25, -0.2) is 8.78 Å². The van der Waals surface area contributed by atoms with Gasteiger partial charge in [-0.1, -0.05) is 12.1 Å². The third-order valence-corrected chi connectivity index (χ3v) is 4.54. The second-order valence-electron chi connectivity index (χ2n) is 6.45. The van der Waals surface area contributed by atoms with Crippen molar-refractivity contribution in [2.24, 2.45) is 0 Å². The number of H-pyrrole nitrogens is 1. The highest BCUT2D eigenvalue weighted by molar-refractivity contribution is 6.05. The molecule has 0 aliphatic rings. The lowest BCUT2D eigenvalue weighted by Crippen LogP contribution is -2.23. The zero-order valence-corrected chi connectivity index (χ0v) is 15.9. The van der Waals surface area contributed by atoms with Gasteiger partial charge in [-0.2, -0.15) is 5.10 Å². The van der Waals surface area contributed by atoms with E-state index in [1.165, 1.54) is 19.4 Å². The Morgan fingerprint density at radius 3 is 2.80 bits per heavy atom. The lowest BCUT2D eigenvalue weighted by molar-refractivity contribution is 0.0945. The molecule has 2 heterocycles. The number of rotatable bonds is 6. The molecule has 2 aromatic carbocycles. The summed E-state index contributed by atoms with van der Waals surface area (Å²) >= 11 is 0. The number of benzene rings is 2. The summed E-state index contributed by atoms with van der Waals surface area (Å²) in [5.41, 5.74) is 1.96. The average Bonchev–Trinajstić information content (AvgIpc) is 3.42. The van der Waals surface area contributed by atoms with Gasteiger partial charge >= 0.3 is 0 Å². The highest BCUT2D eigenvalue weighted by atomic mass is 19.2. The van der Waals surface area contributed by atoms with Gasteiger partial charge in [0.25, 0.3) is 5.91 Å². The fraction of sp³-hybridized carbons (Fsp3) is 0.0909. The van der Waals surface area contributed by atoms with Crippen LogP contribution in [0, 0.1) is 11.6 Å². The van der Waals surface area contributed by atoms with Crippen LogP contribution in [0.5, 0.6) is 5.75 Å². The molecule has 2 N–H and O–H groups in total. The number of amides is 1. The molecule has 0 unspecified atom stereocenters. The molecule has 0 atom stereocenters. The molecule has 0 radical (unpaired) electrons. The van der Waals surface area contributed by atoms with E-state index >= 15 is 0 Å². The van der Waals surface area contributed by atoms with E-state index in [0.29, 0.717) is 39.2 Å². The summed E-state index contributed by atoms with van der Waals surface area (Å²) in [6.45, 7) is 0.237. The minimum atomic E-state index is -0.933. The molecule has 6 nitrogen and oxygen atoms in total. The number of nitrogens with one attached hydrogen (secondary N) is 2. The quantitative estimate of drug-likeness (QED) is 0.490. The number of aromatic amines is 1. The molecular formula is C22H17F2N3O3. The van der Waals surface area contributed by atoms with Crippen LogP contribution in [0.3, 0.4) is 0 Å². The highest BCUT2D eigenvalue weighted by Gasteiger charge is 2.19. The molecule has 2 aromatic heterocycles. The number of hydrogen-bond donors (Lipinski definition) is 2. The molecule has 0 bridgehead atoms. The van der Waals surface area contributed by atoms with Crippen molar-refractivity contribution in [2.45, 2.75) is 6.54 Å². The van der Waals surface area contributed by atoms with E-state index in [1.807, 2.05) is 0 Å². The van der Waals surface area contributed by atoms with Crippen molar-refractivity contribution < 1.29 is 22.7 Å². The number of halogens is 2. The number of fused-ring (bicyclic) bond motifs is 1. The molecular weight excluding hydrogens is 392 g/mol. The number of methoxy groups -OCH3 is 1. The SMILES string of the molecule is COc1c(C(=O)NCc2ccco2)ccc2[nH]nc(/C=C/c3ccc(F)c(F)c3)c12. The lowest BCUT2D eigenvalue weighted by Gasteiger charge is -2.10. The van der Waals surface area contributed by atoms with Crippen LogP contribution in [0.4, 0.5) is 8.78 Å². The van der Waals surface area contributed by atoms with E-state index in [4.69, 9.17) is 9.15 Å². The second-order valence-corrected chi connectivity index (χ2v) is 6.45. The predicted octanol–water partition coefficient (Wildman–Crippen LogP) is 4.54. The van der Waals surface area contributed by atoms with Crippen LogP contribution in [-0.2, 0) is 6.54 Å². The number of nitrogens with zero attached hydrogens (tertiary/aromatic N) is 1. The second kappa shape index (κ2) is 8.20. The summed E-state index contributed by atoms with van der Waals surface area (Å²) < 4.78 is 37.3. The summed E-state index contributed by atoms with van der Waals surface area (Å²) in [5, 5.41) is 10.5. The summed E-state index contributed by atoms with van der Waals surface area (Å²) in [6.07, 6.45) is 4.77. The van der Waals surface area contributed by atoms with Crippen molar-refractivity contribution in [3.63, 3.8) is 0 Å². The summed E-state index contributed by atoms with van der Waals surface area (Å²) in [6, 6.07) is 10.5. The number of carbonyl (C=O) groups is 1. The molecule has 152 valence electrons. The average molecular weight is 409 g/mol. The van der Waals surface area contributed by atoms with Gasteiger partial charge in [-0.3, -0.25) is 9.89 Å². The van der Waals surface area contributed by atoms with E-state index in [0.717, 1.165) is 12.1 Å². The fourth-order valence-corrected chi connectivity index (χ4v) is 3.08. The molecule has 4 rings (SSSR count). The molecule has 4 aromatic rings. The van der Waals surface area contributed by atoms with Crippen LogP contribution in [0.15, 0.2) is 53.1 Å². The molecule has 30 heavy (non-hydrogen) atoms. The summed E-state index contributed by atoms with van der Waals surface area (Å²) in [7, 11) is 1.47. The molecule has 0 saturated carbocycles. The first-order valence-corrected chi connectivity index (χ1v) is 9.05. The van der Waals surface area contributed by atoms with Crippen LogP contribution in [-0.4, -0.2) is 23.2 Å². The lowest BCUT2D eigenvalue weighted by atomic mass is 10.1. The molecule has 1 amide bonds. The number of furan rings is 1. The van der Waals surface area contributed by atoms with E-state index in [1.54, 1.807) is 36.4 Å². The zero-order chi connectivity index (χ0) is 21.1. The molecule has 0 aliphatic heterocycles. The van der Waals surface area contributed by atoms with Gasteiger partial charge in [0.15, 0.2) is 11.6 Å². The Labute approximate surface area is 170 Å². The van der Waals surface area contributed by atoms with Gasteiger partial charge in [-0.15, -0.1) is 0 Å². The molecule has 0 spiro atoms. The van der Waals surface area contributed by atoms with Gasteiger partial charge in [0.1, 0.15) is 11.5 Å². The smallest absolute Gasteiger partial charge is 0.255 e. The first kappa shape index (κ1) is 19.4. The zero-order valence-electron chi connectivity index (χ0n) is 15.9. The Morgan fingerprint density at radius 2 is 2.07 bits per heavy atom. The summed E-state index contributed by atoms with van der Waals surface area (Å²) in [5.74, 6) is -1.20. The Hall–Kier alpha value is -3.94. The third-order valence-electron chi connectivity index (χ3n) is 4.54. The first-order valence-electron chi connectivity index (χ1n) is 9.05.